The summed E-state index contributed by atoms with van der Waals surface area (Å²) in [7, 11) is -1.28. The van der Waals surface area contributed by atoms with Crippen LogP contribution in [0.25, 0.3) is 0 Å². The summed E-state index contributed by atoms with van der Waals surface area (Å²) in [5.74, 6) is -1.25. The Morgan fingerprint density at radius 2 is 1.69 bits per heavy atom. The summed E-state index contributed by atoms with van der Waals surface area (Å²) in [4.78, 5) is 37.1. The van der Waals surface area contributed by atoms with Crippen LogP contribution in [0.5, 0.6) is 5.75 Å². The lowest BCUT2D eigenvalue weighted by atomic mass is 9.99. The predicted octanol–water partition coefficient (Wildman–Crippen LogP) is 1.31. The Balaban J connectivity index is 1.91. The molecule has 2 aliphatic heterocycles. The quantitative estimate of drug-likeness (QED) is 0.518. The molecule has 0 unspecified atom stereocenters. The van der Waals surface area contributed by atoms with Gasteiger partial charge in [-0.3, -0.25) is 19.3 Å². The van der Waals surface area contributed by atoms with Crippen LogP contribution in [0.15, 0.2) is 23.1 Å². The van der Waals surface area contributed by atoms with Gasteiger partial charge in [0.25, 0.3) is 0 Å². The zero-order valence-corrected chi connectivity index (χ0v) is 17.2. The molecule has 2 heterocycles. The largest absolute Gasteiger partial charge is 0.495 e. The molecule has 2 amide bonds. The van der Waals surface area contributed by atoms with Gasteiger partial charge in [0, 0.05) is 25.9 Å². The zero-order chi connectivity index (χ0) is 21.2. The number of benzene rings is 1. The Bertz CT molecular complexity index is 904. The maximum absolute atomic E-state index is 13.3. The van der Waals surface area contributed by atoms with Crippen molar-refractivity contribution < 1.29 is 32.3 Å². The van der Waals surface area contributed by atoms with Gasteiger partial charge in [0.05, 0.1) is 25.8 Å². The van der Waals surface area contributed by atoms with Gasteiger partial charge >= 0.3 is 5.97 Å². The Hall–Kier alpha value is -2.46. The molecular weight excluding hydrogens is 400 g/mol. The number of rotatable bonds is 5. The van der Waals surface area contributed by atoms with Crippen LogP contribution < -0.4 is 9.64 Å². The molecule has 158 valence electrons. The summed E-state index contributed by atoms with van der Waals surface area (Å²) in [6, 6.07) is 4.25. The van der Waals surface area contributed by atoms with Crippen molar-refractivity contribution in [2.45, 2.75) is 37.0 Å². The second kappa shape index (κ2) is 8.50. The first-order valence-corrected chi connectivity index (χ1v) is 10.9. The average molecular weight is 424 g/mol. The Morgan fingerprint density at radius 3 is 2.24 bits per heavy atom. The van der Waals surface area contributed by atoms with Gasteiger partial charge in [0.15, 0.2) is 0 Å². The monoisotopic (exact) mass is 424 g/mol. The number of carbonyl (C=O) groups excluding carboxylic acids is 3. The molecule has 10 heteroatoms. The normalized spacial score (nSPS) is 19.3. The summed E-state index contributed by atoms with van der Waals surface area (Å²) < 4.78 is 37.8. The summed E-state index contributed by atoms with van der Waals surface area (Å²) in [5.41, 5.74) is 0.212. The number of piperidine rings is 2. The van der Waals surface area contributed by atoms with Crippen molar-refractivity contribution in [3.63, 3.8) is 0 Å². The third kappa shape index (κ3) is 4.13. The van der Waals surface area contributed by atoms with Crippen LogP contribution >= 0.6 is 0 Å². The van der Waals surface area contributed by atoms with Gasteiger partial charge in [0.1, 0.15) is 10.6 Å². The highest BCUT2D eigenvalue weighted by molar-refractivity contribution is 7.89. The minimum atomic E-state index is -3.95. The van der Waals surface area contributed by atoms with Crippen LogP contribution in [-0.2, 0) is 29.1 Å². The van der Waals surface area contributed by atoms with Gasteiger partial charge in [0.2, 0.25) is 21.8 Å². The minimum absolute atomic E-state index is 0.111. The number of sulfonamides is 1. The third-order valence-corrected chi connectivity index (χ3v) is 7.21. The van der Waals surface area contributed by atoms with Crippen LogP contribution in [-0.4, -0.2) is 57.8 Å². The van der Waals surface area contributed by atoms with Crippen molar-refractivity contribution in [2.75, 3.05) is 32.2 Å². The fraction of sp³-hybridized carbons (Fsp3) is 0.526. The van der Waals surface area contributed by atoms with Gasteiger partial charge in [-0.05, 0) is 37.5 Å². The summed E-state index contributed by atoms with van der Waals surface area (Å²) in [6.07, 6.45) is 1.68. The van der Waals surface area contributed by atoms with E-state index < -0.39 is 10.0 Å². The van der Waals surface area contributed by atoms with E-state index in [1.54, 1.807) is 0 Å². The van der Waals surface area contributed by atoms with Crippen LogP contribution in [0.4, 0.5) is 5.69 Å². The first-order chi connectivity index (χ1) is 13.8. The molecule has 2 saturated heterocycles. The topological polar surface area (TPSA) is 110 Å². The molecule has 0 N–H and O–H groups in total. The SMILES string of the molecule is COC(=O)C1CCN(S(=O)(=O)c2cc(N3C(=O)CCCC3=O)ccc2OC)CC1. The maximum atomic E-state index is 13.3. The van der Waals surface area contributed by atoms with Crippen molar-refractivity contribution in [3.8, 4) is 5.75 Å². The minimum Gasteiger partial charge on any atom is -0.495 e. The van der Waals surface area contributed by atoms with Gasteiger partial charge in [-0.15, -0.1) is 0 Å². The molecule has 3 rings (SSSR count). The standard InChI is InChI=1S/C19H24N2O7S/c1-27-15-7-6-14(21-17(22)4-3-5-18(21)23)12-16(15)29(25,26)20-10-8-13(9-11-20)19(24)28-2/h6-7,12-13H,3-5,8-11H2,1-2H3. The molecule has 0 bridgehead atoms. The van der Waals surface area contributed by atoms with E-state index in [1.165, 1.54) is 36.7 Å². The highest BCUT2D eigenvalue weighted by Gasteiger charge is 2.35. The predicted molar refractivity (Wildman–Crippen MR) is 103 cm³/mol. The molecule has 0 aliphatic carbocycles. The second-order valence-corrected chi connectivity index (χ2v) is 8.92. The highest BCUT2D eigenvalue weighted by atomic mass is 32.2. The summed E-state index contributed by atoms with van der Waals surface area (Å²) in [5, 5.41) is 0. The van der Waals surface area contributed by atoms with Crippen molar-refractivity contribution in [1.82, 2.24) is 4.31 Å². The van der Waals surface area contributed by atoms with E-state index in [9.17, 15) is 22.8 Å². The molecule has 0 radical (unpaired) electrons. The Kier molecular flexibility index (Phi) is 6.23. The molecule has 1 aromatic rings. The Morgan fingerprint density at radius 1 is 1.07 bits per heavy atom. The molecule has 0 spiro atoms. The molecule has 0 aromatic heterocycles. The van der Waals surface area contributed by atoms with E-state index >= 15 is 0 Å². The Labute approximate surface area is 169 Å². The molecule has 9 nitrogen and oxygen atoms in total. The number of imide groups is 1. The van der Waals surface area contributed by atoms with E-state index in [0.717, 1.165) is 4.90 Å². The molecular formula is C19H24N2O7S. The third-order valence-electron chi connectivity index (χ3n) is 5.29. The lowest BCUT2D eigenvalue weighted by molar-refractivity contribution is -0.146. The lowest BCUT2D eigenvalue weighted by Crippen LogP contribution is -2.41. The molecule has 29 heavy (non-hydrogen) atoms. The number of methoxy groups -OCH3 is 2. The summed E-state index contributed by atoms with van der Waals surface area (Å²) in [6.45, 7) is 0.327. The average Bonchev–Trinajstić information content (AvgIpc) is 2.73. The lowest BCUT2D eigenvalue weighted by Gasteiger charge is -2.31. The number of hydrogen-bond donors (Lipinski definition) is 0. The second-order valence-electron chi connectivity index (χ2n) is 7.01. The van der Waals surface area contributed by atoms with Crippen molar-refractivity contribution in [1.29, 1.82) is 0 Å². The van der Waals surface area contributed by atoms with Crippen molar-refractivity contribution >= 4 is 33.5 Å². The molecule has 2 fully saturated rings. The first-order valence-electron chi connectivity index (χ1n) is 9.41. The molecule has 0 saturated carbocycles. The number of carbonyl (C=O) groups is 3. The molecule has 1 aromatic carbocycles. The number of esters is 1. The van der Waals surface area contributed by atoms with Crippen molar-refractivity contribution in [3.05, 3.63) is 18.2 Å². The van der Waals surface area contributed by atoms with Crippen molar-refractivity contribution in [2.24, 2.45) is 5.92 Å². The maximum Gasteiger partial charge on any atom is 0.308 e. The summed E-state index contributed by atoms with van der Waals surface area (Å²) >= 11 is 0. The van der Waals surface area contributed by atoms with Gasteiger partial charge < -0.3 is 9.47 Å². The fourth-order valence-electron chi connectivity index (χ4n) is 3.69. The van der Waals surface area contributed by atoms with E-state index in [0.29, 0.717) is 19.3 Å². The van der Waals surface area contributed by atoms with E-state index in [1.807, 2.05) is 0 Å². The van der Waals surface area contributed by atoms with Gasteiger partial charge in [-0.2, -0.15) is 4.31 Å². The number of hydrogen-bond acceptors (Lipinski definition) is 7. The van der Waals surface area contributed by atoms with Crippen LogP contribution in [0.2, 0.25) is 0 Å². The van der Waals surface area contributed by atoms with Crippen LogP contribution in [0.1, 0.15) is 32.1 Å². The first kappa shape index (κ1) is 21.3. The van der Waals surface area contributed by atoms with Gasteiger partial charge in [-0.25, -0.2) is 8.42 Å². The number of anilines is 1. The smallest absolute Gasteiger partial charge is 0.308 e. The van der Waals surface area contributed by atoms with Gasteiger partial charge in [-0.1, -0.05) is 0 Å². The van der Waals surface area contributed by atoms with E-state index in [4.69, 9.17) is 9.47 Å². The van der Waals surface area contributed by atoms with E-state index in [-0.39, 0.29) is 66.0 Å². The fourth-order valence-corrected chi connectivity index (χ4v) is 5.33. The number of nitrogens with zero attached hydrogens (tertiary/aromatic N) is 2. The molecule has 0 atom stereocenters. The number of amides is 2. The molecule has 2 aliphatic rings. The van der Waals surface area contributed by atoms with Crippen LogP contribution in [0.3, 0.4) is 0 Å². The zero-order valence-electron chi connectivity index (χ0n) is 16.4. The number of ether oxygens (including phenoxy) is 2. The highest BCUT2D eigenvalue weighted by Crippen LogP contribution is 2.34. The van der Waals surface area contributed by atoms with E-state index in [2.05, 4.69) is 0 Å². The van der Waals surface area contributed by atoms with Crippen LogP contribution in [0, 0.1) is 5.92 Å².